The van der Waals surface area contributed by atoms with Crippen LogP contribution in [0.4, 0.5) is 0 Å². The van der Waals surface area contributed by atoms with Crippen LogP contribution in [-0.4, -0.2) is 41.5 Å². The van der Waals surface area contributed by atoms with Gasteiger partial charge in [-0.3, -0.25) is 4.79 Å². The number of hydrogen-bond acceptors (Lipinski definition) is 4. The van der Waals surface area contributed by atoms with Gasteiger partial charge in [-0.15, -0.1) is 0 Å². The van der Waals surface area contributed by atoms with Gasteiger partial charge in [-0.05, 0) is 24.1 Å². The lowest BCUT2D eigenvalue weighted by Gasteiger charge is -2.13. The summed E-state index contributed by atoms with van der Waals surface area (Å²) in [7, 11) is 0. The van der Waals surface area contributed by atoms with E-state index in [1.165, 1.54) is 0 Å². The first kappa shape index (κ1) is 11.9. The fraction of sp³-hybridized carbons (Fsp3) is 0.417. The zero-order valence-electron chi connectivity index (χ0n) is 9.30. The highest BCUT2D eigenvalue weighted by Gasteiger charge is 2.25. The van der Waals surface area contributed by atoms with Gasteiger partial charge < -0.3 is 20.3 Å². The van der Waals surface area contributed by atoms with E-state index in [-0.39, 0.29) is 11.9 Å². The molecule has 1 fully saturated rings. The Balaban J connectivity index is 1.91. The molecule has 0 radical (unpaired) electrons. The number of carboxylic acid groups (broad SMARTS) is 1. The second-order valence-electron chi connectivity index (χ2n) is 4.12. The molecule has 0 bridgehead atoms. The van der Waals surface area contributed by atoms with Gasteiger partial charge in [0.15, 0.2) is 0 Å². The highest BCUT2D eigenvalue weighted by Crippen LogP contribution is 2.12. The predicted octanol–water partition coefficient (Wildman–Crippen LogP) is 0.376. The summed E-state index contributed by atoms with van der Waals surface area (Å²) in [6.07, 6.45) is 0.555. The number of ether oxygens (including phenoxy) is 1. The van der Waals surface area contributed by atoms with E-state index in [0.717, 1.165) is 5.56 Å². The average molecular weight is 237 g/mol. The molecule has 2 rings (SSSR count). The Morgan fingerprint density at radius 3 is 2.65 bits per heavy atom. The van der Waals surface area contributed by atoms with Gasteiger partial charge in [0.1, 0.15) is 11.8 Å². The van der Waals surface area contributed by atoms with Crippen LogP contribution in [-0.2, 0) is 16.0 Å². The predicted molar refractivity (Wildman–Crippen MR) is 61.0 cm³/mol. The van der Waals surface area contributed by atoms with E-state index in [0.29, 0.717) is 19.6 Å². The topological polar surface area (TPSA) is 82.1 Å². The molecule has 1 heterocycles. The Hall–Kier alpha value is -1.59. The van der Waals surface area contributed by atoms with Crippen LogP contribution in [0.25, 0.3) is 0 Å². The van der Waals surface area contributed by atoms with Crippen molar-refractivity contribution < 1.29 is 19.7 Å². The molecule has 5 nitrogen and oxygen atoms in total. The van der Waals surface area contributed by atoms with Crippen molar-refractivity contribution >= 4 is 5.97 Å². The van der Waals surface area contributed by atoms with Gasteiger partial charge in [0.25, 0.3) is 0 Å². The maximum atomic E-state index is 11.1. The largest absolute Gasteiger partial charge is 0.508 e. The van der Waals surface area contributed by atoms with Crippen molar-refractivity contribution in [2.24, 2.45) is 0 Å². The lowest BCUT2D eigenvalue weighted by atomic mass is 10.1. The molecule has 0 aromatic heterocycles. The minimum absolute atomic E-state index is 0.164. The number of epoxide rings is 1. The smallest absolute Gasteiger partial charge is 0.321 e. The molecule has 0 spiro atoms. The molecule has 0 saturated carbocycles. The van der Waals surface area contributed by atoms with Crippen molar-refractivity contribution in [2.45, 2.75) is 18.6 Å². The number of hydrogen-bond donors (Lipinski definition) is 3. The van der Waals surface area contributed by atoms with Crippen LogP contribution in [0.2, 0.25) is 0 Å². The average Bonchev–Trinajstić information content (AvgIpc) is 3.10. The molecular weight excluding hydrogens is 222 g/mol. The summed E-state index contributed by atoms with van der Waals surface area (Å²) in [6.45, 7) is 1.27. The van der Waals surface area contributed by atoms with E-state index in [4.69, 9.17) is 14.9 Å². The molecule has 1 saturated heterocycles. The summed E-state index contributed by atoms with van der Waals surface area (Å²) < 4.78 is 5.02. The molecule has 92 valence electrons. The molecule has 1 aromatic rings. The molecule has 1 unspecified atom stereocenters. The third-order valence-electron chi connectivity index (χ3n) is 2.67. The molecule has 17 heavy (non-hydrogen) atoms. The quantitative estimate of drug-likeness (QED) is 0.623. The van der Waals surface area contributed by atoms with Crippen molar-refractivity contribution in [1.29, 1.82) is 0 Å². The van der Waals surface area contributed by atoms with E-state index in [9.17, 15) is 4.79 Å². The Bertz CT molecular complexity index is 386. The zero-order chi connectivity index (χ0) is 12.3. The first-order chi connectivity index (χ1) is 8.15. The Labute approximate surface area is 99.0 Å². The third kappa shape index (κ3) is 3.72. The highest BCUT2D eigenvalue weighted by atomic mass is 16.6. The number of rotatable bonds is 6. The van der Waals surface area contributed by atoms with E-state index >= 15 is 0 Å². The van der Waals surface area contributed by atoms with Gasteiger partial charge in [0.2, 0.25) is 0 Å². The number of aliphatic carboxylic acids is 1. The Kier molecular flexibility index (Phi) is 3.61. The number of aromatic hydroxyl groups is 1. The summed E-state index contributed by atoms with van der Waals surface area (Å²) in [5.74, 6) is -0.696. The van der Waals surface area contributed by atoms with Gasteiger partial charge in [0.05, 0.1) is 12.7 Å². The maximum Gasteiger partial charge on any atom is 0.321 e. The minimum Gasteiger partial charge on any atom is -0.508 e. The maximum absolute atomic E-state index is 11.1. The van der Waals surface area contributed by atoms with Gasteiger partial charge in [-0.2, -0.15) is 0 Å². The second-order valence-corrected chi connectivity index (χ2v) is 4.12. The molecular formula is C12H15NO4. The molecule has 1 aromatic carbocycles. The van der Waals surface area contributed by atoms with Crippen LogP contribution in [0.1, 0.15) is 5.56 Å². The van der Waals surface area contributed by atoms with E-state index in [1.807, 2.05) is 0 Å². The number of phenols is 1. The molecule has 3 N–H and O–H groups in total. The summed E-state index contributed by atoms with van der Waals surface area (Å²) in [5.41, 5.74) is 0.874. The lowest BCUT2D eigenvalue weighted by molar-refractivity contribution is -0.139. The first-order valence-corrected chi connectivity index (χ1v) is 5.51. The molecule has 2 atom stereocenters. The first-order valence-electron chi connectivity index (χ1n) is 5.51. The summed E-state index contributed by atoms with van der Waals surface area (Å²) in [6, 6.07) is 5.93. The molecule has 0 aliphatic carbocycles. The van der Waals surface area contributed by atoms with Crippen molar-refractivity contribution in [1.82, 2.24) is 5.32 Å². The van der Waals surface area contributed by atoms with Crippen LogP contribution in [0.15, 0.2) is 24.3 Å². The van der Waals surface area contributed by atoms with Crippen molar-refractivity contribution in [2.75, 3.05) is 13.2 Å². The SMILES string of the molecule is O=C(O)[C@H](Cc1ccc(O)cc1)NCC1CO1. The zero-order valence-corrected chi connectivity index (χ0v) is 9.30. The van der Waals surface area contributed by atoms with Crippen molar-refractivity contribution in [3.8, 4) is 5.75 Å². The van der Waals surface area contributed by atoms with Gasteiger partial charge in [-0.1, -0.05) is 12.1 Å². The van der Waals surface area contributed by atoms with Crippen LogP contribution < -0.4 is 5.32 Å². The van der Waals surface area contributed by atoms with Crippen LogP contribution >= 0.6 is 0 Å². The Morgan fingerprint density at radius 1 is 1.47 bits per heavy atom. The third-order valence-corrected chi connectivity index (χ3v) is 2.67. The number of phenolic OH excluding ortho intramolecular Hbond substituents is 1. The van der Waals surface area contributed by atoms with Crippen molar-refractivity contribution in [3.63, 3.8) is 0 Å². The van der Waals surface area contributed by atoms with Crippen LogP contribution in [0.3, 0.4) is 0 Å². The number of nitrogens with one attached hydrogen (secondary N) is 1. The van der Waals surface area contributed by atoms with Crippen LogP contribution in [0.5, 0.6) is 5.75 Å². The molecule has 0 amide bonds. The minimum atomic E-state index is -0.876. The number of carbonyl (C=O) groups is 1. The van der Waals surface area contributed by atoms with E-state index < -0.39 is 12.0 Å². The fourth-order valence-electron chi connectivity index (χ4n) is 1.57. The highest BCUT2D eigenvalue weighted by molar-refractivity contribution is 5.73. The lowest BCUT2D eigenvalue weighted by Crippen LogP contribution is -2.40. The van der Waals surface area contributed by atoms with Crippen molar-refractivity contribution in [3.05, 3.63) is 29.8 Å². The second kappa shape index (κ2) is 5.16. The number of benzene rings is 1. The number of carboxylic acids is 1. The standard InChI is InChI=1S/C12H15NO4/c14-9-3-1-8(2-4-9)5-11(12(15)16)13-6-10-7-17-10/h1-4,10-11,13-14H,5-7H2,(H,15,16)/t10?,11-/m0/s1. The summed E-state index contributed by atoms with van der Waals surface area (Å²) in [5, 5.41) is 21.2. The Morgan fingerprint density at radius 2 is 2.12 bits per heavy atom. The summed E-state index contributed by atoms with van der Waals surface area (Å²) in [4.78, 5) is 11.1. The van der Waals surface area contributed by atoms with Gasteiger partial charge in [-0.25, -0.2) is 0 Å². The van der Waals surface area contributed by atoms with Crippen LogP contribution in [0, 0.1) is 0 Å². The molecule has 5 heteroatoms. The molecule has 1 aliphatic rings. The fourth-order valence-corrected chi connectivity index (χ4v) is 1.57. The van der Waals surface area contributed by atoms with E-state index in [2.05, 4.69) is 5.32 Å². The monoisotopic (exact) mass is 237 g/mol. The van der Waals surface area contributed by atoms with Gasteiger partial charge in [0, 0.05) is 6.54 Å². The summed E-state index contributed by atoms with van der Waals surface area (Å²) >= 11 is 0. The van der Waals surface area contributed by atoms with E-state index in [1.54, 1.807) is 24.3 Å². The molecule has 1 aliphatic heterocycles. The normalized spacial score (nSPS) is 19.9. The van der Waals surface area contributed by atoms with Gasteiger partial charge >= 0.3 is 5.97 Å².